The van der Waals surface area contributed by atoms with Crippen molar-refractivity contribution >= 4 is 11.9 Å². The first-order valence-corrected chi connectivity index (χ1v) is 5.19. The van der Waals surface area contributed by atoms with E-state index < -0.39 is 11.9 Å². The molecule has 0 aliphatic rings. The Labute approximate surface area is 103 Å². The minimum atomic E-state index is -0.599. The average molecular weight is 251 g/mol. The predicted molar refractivity (Wildman–Crippen MR) is 63.1 cm³/mol. The fraction of sp³-hybridized carbons (Fsp3) is 0.250. The summed E-state index contributed by atoms with van der Waals surface area (Å²) in [4.78, 5) is 35.5. The van der Waals surface area contributed by atoms with Crippen LogP contribution in [0.3, 0.4) is 0 Å². The van der Waals surface area contributed by atoms with Crippen LogP contribution in [0, 0.1) is 0 Å². The van der Waals surface area contributed by atoms with Crippen molar-refractivity contribution in [2.45, 2.75) is 6.92 Å². The number of rotatable bonds is 5. The van der Waals surface area contributed by atoms with Gasteiger partial charge in [0.1, 0.15) is 13.2 Å². The van der Waals surface area contributed by atoms with Gasteiger partial charge in [-0.1, -0.05) is 6.58 Å². The van der Waals surface area contributed by atoms with Crippen LogP contribution in [0.1, 0.15) is 17.3 Å². The molecule has 0 aliphatic carbocycles. The molecule has 0 aromatic carbocycles. The van der Waals surface area contributed by atoms with Crippen molar-refractivity contribution in [2.24, 2.45) is 0 Å². The SMILES string of the molecule is C=C(C)C(=O)OCCOC(=O)c1ccc(=O)[nH]c1. The Kier molecular flexibility index (Phi) is 4.86. The Morgan fingerprint density at radius 2 is 1.94 bits per heavy atom. The van der Waals surface area contributed by atoms with Crippen LogP contribution >= 0.6 is 0 Å². The van der Waals surface area contributed by atoms with Crippen molar-refractivity contribution in [3.63, 3.8) is 0 Å². The van der Waals surface area contributed by atoms with E-state index in [9.17, 15) is 14.4 Å². The molecular weight excluding hydrogens is 238 g/mol. The molecule has 0 amide bonds. The second-order valence-electron chi connectivity index (χ2n) is 3.49. The first-order valence-electron chi connectivity index (χ1n) is 5.19. The fourth-order valence-corrected chi connectivity index (χ4v) is 1.01. The van der Waals surface area contributed by atoms with Gasteiger partial charge in [0.15, 0.2) is 0 Å². The van der Waals surface area contributed by atoms with Crippen LogP contribution in [0.25, 0.3) is 0 Å². The predicted octanol–water partition coefficient (Wildman–Crippen LogP) is 0.651. The summed E-state index contributed by atoms with van der Waals surface area (Å²) in [7, 11) is 0. The largest absolute Gasteiger partial charge is 0.459 e. The van der Waals surface area contributed by atoms with Gasteiger partial charge in [0.05, 0.1) is 5.56 Å². The molecule has 1 N–H and O–H groups in total. The summed E-state index contributed by atoms with van der Waals surface area (Å²) in [6.45, 7) is 4.83. The molecule has 0 saturated heterocycles. The summed E-state index contributed by atoms with van der Waals surface area (Å²) >= 11 is 0. The van der Waals surface area contributed by atoms with E-state index in [-0.39, 0.29) is 29.9 Å². The van der Waals surface area contributed by atoms with Gasteiger partial charge in [-0.15, -0.1) is 0 Å². The molecule has 0 atom stereocenters. The number of nitrogens with one attached hydrogen (secondary N) is 1. The summed E-state index contributed by atoms with van der Waals surface area (Å²) in [5, 5.41) is 0. The lowest BCUT2D eigenvalue weighted by molar-refractivity contribution is -0.140. The maximum atomic E-state index is 11.4. The van der Waals surface area contributed by atoms with Crippen molar-refractivity contribution in [2.75, 3.05) is 13.2 Å². The number of hydrogen-bond acceptors (Lipinski definition) is 5. The molecule has 0 bridgehead atoms. The number of pyridine rings is 1. The van der Waals surface area contributed by atoms with E-state index in [0.717, 1.165) is 0 Å². The molecule has 6 heteroatoms. The van der Waals surface area contributed by atoms with Crippen molar-refractivity contribution < 1.29 is 19.1 Å². The minimum absolute atomic E-state index is 0.0409. The van der Waals surface area contributed by atoms with Crippen molar-refractivity contribution in [3.8, 4) is 0 Å². The van der Waals surface area contributed by atoms with Gasteiger partial charge < -0.3 is 14.5 Å². The van der Waals surface area contributed by atoms with Gasteiger partial charge in [0, 0.05) is 17.8 Å². The van der Waals surface area contributed by atoms with Crippen LogP contribution in [0.15, 0.2) is 35.3 Å². The van der Waals surface area contributed by atoms with Gasteiger partial charge in [-0.2, -0.15) is 0 Å². The highest BCUT2D eigenvalue weighted by molar-refractivity contribution is 5.89. The normalized spacial score (nSPS) is 9.61. The molecule has 0 aliphatic heterocycles. The van der Waals surface area contributed by atoms with E-state index in [4.69, 9.17) is 9.47 Å². The molecule has 96 valence electrons. The molecule has 1 aromatic heterocycles. The molecule has 0 radical (unpaired) electrons. The molecule has 0 fully saturated rings. The van der Waals surface area contributed by atoms with Gasteiger partial charge in [-0.3, -0.25) is 4.79 Å². The quantitative estimate of drug-likeness (QED) is 0.472. The number of H-pyrrole nitrogens is 1. The topological polar surface area (TPSA) is 85.5 Å². The van der Waals surface area contributed by atoms with Crippen molar-refractivity contribution in [3.05, 3.63) is 46.4 Å². The highest BCUT2D eigenvalue weighted by Crippen LogP contribution is 1.97. The van der Waals surface area contributed by atoms with Gasteiger partial charge in [-0.05, 0) is 13.0 Å². The Morgan fingerprint density at radius 1 is 1.28 bits per heavy atom. The van der Waals surface area contributed by atoms with Crippen molar-refractivity contribution in [1.82, 2.24) is 4.98 Å². The van der Waals surface area contributed by atoms with Crippen molar-refractivity contribution in [1.29, 1.82) is 0 Å². The third-order valence-electron chi connectivity index (χ3n) is 1.92. The van der Waals surface area contributed by atoms with Crippen LogP contribution in [-0.4, -0.2) is 30.1 Å². The summed E-state index contributed by atoms with van der Waals surface area (Å²) in [5.41, 5.74) is 0.199. The Balaban J connectivity index is 2.34. The van der Waals surface area contributed by atoms with Crippen LogP contribution in [0.4, 0.5) is 0 Å². The van der Waals surface area contributed by atoms with E-state index in [1.54, 1.807) is 0 Å². The Morgan fingerprint density at radius 3 is 2.50 bits per heavy atom. The molecule has 0 spiro atoms. The van der Waals surface area contributed by atoms with Gasteiger partial charge in [0.2, 0.25) is 5.56 Å². The zero-order valence-corrected chi connectivity index (χ0v) is 9.89. The molecule has 0 saturated carbocycles. The maximum Gasteiger partial charge on any atom is 0.339 e. The Hall–Kier alpha value is -2.37. The van der Waals surface area contributed by atoms with Gasteiger partial charge in [0.25, 0.3) is 0 Å². The summed E-state index contributed by atoms with van der Waals surface area (Å²) < 4.78 is 9.57. The highest BCUT2D eigenvalue weighted by Gasteiger charge is 2.08. The molecule has 1 aromatic rings. The smallest absolute Gasteiger partial charge is 0.339 e. The third-order valence-corrected chi connectivity index (χ3v) is 1.92. The number of esters is 2. The lowest BCUT2D eigenvalue weighted by Crippen LogP contribution is -2.15. The molecule has 1 rings (SSSR count). The van der Waals surface area contributed by atoms with Crippen LogP contribution in [0.5, 0.6) is 0 Å². The van der Waals surface area contributed by atoms with Gasteiger partial charge >= 0.3 is 11.9 Å². The van der Waals surface area contributed by atoms with E-state index in [0.29, 0.717) is 0 Å². The number of carbonyl (C=O) groups excluding carboxylic acids is 2. The number of hydrogen-bond donors (Lipinski definition) is 1. The second-order valence-corrected chi connectivity index (χ2v) is 3.49. The first-order chi connectivity index (χ1) is 8.50. The van der Waals surface area contributed by atoms with Crippen LogP contribution in [-0.2, 0) is 14.3 Å². The third kappa shape index (κ3) is 4.25. The monoisotopic (exact) mass is 251 g/mol. The summed E-state index contributed by atoms with van der Waals surface area (Å²) in [5.74, 6) is -1.13. The lowest BCUT2D eigenvalue weighted by atomic mass is 10.3. The molecule has 18 heavy (non-hydrogen) atoms. The summed E-state index contributed by atoms with van der Waals surface area (Å²) in [6.07, 6.45) is 1.25. The summed E-state index contributed by atoms with van der Waals surface area (Å²) in [6, 6.07) is 2.57. The maximum absolute atomic E-state index is 11.4. The number of aromatic nitrogens is 1. The lowest BCUT2D eigenvalue weighted by Gasteiger charge is -2.05. The zero-order chi connectivity index (χ0) is 13.5. The molecule has 6 nitrogen and oxygen atoms in total. The van der Waals surface area contributed by atoms with E-state index >= 15 is 0 Å². The fourth-order valence-electron chi connectivity index (χ4n) is 1.01. The van der Waals surface area contributed by atoms with E-state index in [1.807, 2.05) is 0 Å². The van der Waals surface area contributed by atoms with E-state index in [2.05, 4.69) is 11.6 Å². The first kappa shape index (κ1) is 13.7. The Bertz CT molecular complexity index is 497. The molecular formula is C12H13NO5. The average Bonchev–Trinajstić information content (AvgIpc) is 2.34. The number of ether oxygens (including phenoxy) is 2. The molecule has 0 unspecified atom stereocenters. The highest BCUT2D eigenvalue weighted by atomic mass is 16.6. The minimum Gasteiger partial charge on any atom is -0.459 e. The number of carbonyl (C=O) groups is 2. The van der Waals surface area contributed by atoms with Crippen LogP contribution in [0.2, 0.25) is 0 Å². The molecule has 1 heterocycles. The second kappa shape index (κ2) is 6.39. The standard InChI is InChI=1S/C12H13NO5/c1-8(2)11(15)17-5-6-18-12(16)9-3-4-10(14)13-7-9/h3-4,7H,1,5-6H2,2H3,(H,13,14). The van der Waals surface area contributed by atoms with E-state index in [1.165, 1.54) is 25.3 Å². The van der Waals surface area contributed by atoms with Gasteiger partial charge in [-0.25, -0.2) is 9.59 Å². The number of aromatic amines is 1. The van der Waals surface area contributed by atoms with Crippen LogP contribution < -0.4 is 5.56 Å². The zero-order valence-electron chi connectivity index (χ0n) is 9.89.